The molecule has 0 amide bonds. The maximum atomic E-state index is 5.85. The number of benzene rings is 1. The first-order chi connectivity index (χ1) is 15.6. The maximum Gasteiger partial charge on any atom is 0.194 e. The molecule has 0 radical (unpaired) electrons. The van der Waals surface area contributed by atoms with Crippen LogP contribution in [-0.2, 0) is 27.3 Å². The van der Waals surface area contributed by atoms with Gasteiger partial charge in [0.1, 0.15) is 0 Å². The minimum atomic E-state index is 0. The molecule has 0 saturated carbocycles. The van der Waals surface area contributed by atoms with Crippen LogP contribution in [0.25, 0.3) is 0 Å². The summed E-state index contributed by atoms with van der Waals surface area (Å²) in [4.78, 5) is 9.77. The van der Waals surface area contributed by atoms with Crippen LogP contribution in [0.5, 0.6) is 0 Å². The maximum absolute atomic E-state index is 5.85. The molecular formula is C25H43IN4O3. The fraction of sp³-hybridized carbons (Fsp3) is 0.720. The molecule has 8 heteroatoms. The van der Waals surface area contributed by atoms with Gasteiger partial charge in [-0.2, -0.15) is 0 Å². The molecular weight excluding hydrogens is 531 g/mol. The summed E-state index contributed by atoms with van der Waals surface area (Å²) in [5.74, 6) is 1.56. The average molecular weight is 575 g/mol. The molecule has 1 aromatic carbocycles. The van der Waals surface area contributed by atoms with E-state index in [2.05, 4.69) is 60.2 Å². The Hall–Kier alpha value is -0.940. The van der Waals surface area contributed by atoms with E-state index in [-0.39, 0.29) is 24.0 Å². The van der Waals surface area contributed by atoms with Crippen molar-refractivity contribution in [1.82, 2.24) is 15.1 Å². The number of nitrogens with zero attached hydrogens (tertiary/aromatic N) is 3. The molecule has 2 heterocycles. The molecule has 7 nitrogen and oxygen atoms in total. The van der Waals surface area contributed by atoms with Crippen LogP contribution >= 0.6 is 24.0 Å². The predicted octanol–water partition coefficient (Wildman–Crippen LogP) is 3.36. The number of hydrogen-bond acceptors (Lipinski definition) is 5. The van der Waals surface area contributed by atoms with Crippen molar-refractivity contribution in [1.29, 1.82) is 0 Å². The molecule has 1 aromatic rings. The normalized spacial score (nSPS) is 24.1. The van der Waals surface area contributed by atoms with Crippen LogP contribution in [0.15, 0.2) is 29.3 Å². The standard InChI is InChI=1S/C25H42N4O3.HI/c1-5-26-25(29-11-10-24(18-29)19-31-13-12-30-4)27-14-22-6-8-23(9-7-22)17-28-15-20(2)32-21(3)16-28;/h6-9,20-21,24H,5,10-19H2,1-4H3,(H,26,27);1H. The van der Waals surface area contributed by atoms with Crippen molar-refractivity contribution in [3.63, 3.8) is 0 Å². The summed E-state index contributed by atoms with van der Waals surface area (Å²) in [6.07, 6.45) is 1.75. The van der Waals surface area contributed by atoms with E-state index in [0.717, 1.165) is 58.3 Å². The molecule has 0 bridgehead atoms. The Kier molecular flexibility index (Phi) is 13.0. The van der Waals surface area contributed by atoms with Crippen molar-refractivity contribution in [3.05, 3.63) is 35.4 Å². The third-order valence-electron chi connectivity index (χ3n) is 6.04. The fourth-order valence-electron chi connectivity index (χ4n) is 4.57. The van der Waals surface area contributed by atoms with Crippen LogP contribution in [0.1, 0.15) is 38.3 Å². The lowest BCUT2D eigenvalue weighted by Gasteiger charge is -2.35. The third kappa shape index (κ3) is 9.68. The van der Waals surface area contributed by atoms with Crippen molar-refractivity contribution in [3.8, 4) is 0 Å². The second-order valence-corrected chi connectivity index (χ2v) is 9.11. The van der Waals surface area contributed by atoms with Crippen LogP contribution in [0.2, 0.25) is 0 Å². The minimum Gasteiger partial charge on any atom is -0.382 e. The van der Waals surface area contributed by atoms with Gasteiger partial charge in [0.25, 0.3) is 0 Å². The van der Waals surface area contributed by atoms with E-state index in [1.54, 1.807) is 7.11 Å². The van der Waals surface area contributed by atoms with E-state index in [1.165, 1.54) is 11.1 Å². The number of likely N-dealkylation sites (tertiary alicyclic amines) is 1. The zero-order valence-corrected chi connectivity index (χ0v) is 23.1. The lowest BCUT2D eigenvalue weighted by Crippen LogP contribution is -2.44. The number of aliphatic imine (C=N–C) groups is 1. The molecule has 3 unspecified atom stereocenters. The number of rotatable bonds is 10. The van der Waals surface area contributed by atoms with Crippen LogP contribution in [0.4, 0.5) is 0 Å². The Morgan fingerprint density at radius 3 is 2.45 bits per heavy atom. The van der Waals surface area contributed by atoms with E-state index in [0.29, 0.717) is 37.9 Å². The molecule has 1 N–H and O–H groups in total. The zero-order chi connectivity index (χ0) is 22.8. The second-order valence-electron chi connectivity index (χ2n) is 9.11. The first-order valence-electron chi connectivity index (χ1n) is 12.1. The van der Waals surface area contributed by atoms with Crippen molar-refractivity contribution >= 4 is 29.9 Å². The van der Waals surface area contributed by atoms with Gasteiger partial charge in [0, 0.05) is 52.3 Å². The summed E-state index contributed by atoms with van der Waals surface area (Å²) in [5, 5.41) is 3.46. The lowest BCUT2D eigenvalue weighted by atomic mass is 10.1. The Morgan fingerprint density at radius 2 is 1.79 bits per heavy atom. The van der Waals surface area contributed by atoms with Gasteiger partial charge in [-0.1, -0.05) is 24.3 Å². The number of halogens is 1. The SMILES string of the molecule is CCNC(=NCc1ccc(CN2CC(C)OC(C)C2)cc1)N1CCC(COCCOC)C1.I. The molecule has 3 rings (SSSR count). The highest BCUT2D eigenvalue weighted by atomic mass is 127. The highest BCUT2D eigenvalue weighted by Gasteiger charge is 2.25. The molecule has 0 spiro atoms. The quantitative estimate of drug-likeness (QED) is 0.200. The van der Waals surface area contributed by atoms with E-state index >= 15 is 0 Å². The number of ether oxygens (including phenoxy) is 3. The topological polar surface area (TPSA) is 58.6 Å². The Morgan fingerprint density at radius 1 is 1.09 bits per heavy atom. The van der Waals surface area contributed by atoms with Gasteiger partial charge in [-0.05, 0) is 38.3 Å². The lowest BCUT2D eigenvalue weighted by molar-refractivity contribution is -0.0704. The van der Waals surface area contributed by atoms with Gasteiger partial charge in [-0.15, -0.1) is 24.0 Å². The van der Waals surface area contributed by atoms with Crippen LogP contribution in [-0.4, -0.2) is 87.6 Å². The van der Waals surface area contributed by atoms with Crippen LogP contribution in [0.3, 0.4) is 0 Å². The summed E-state index contributed by atoms with van der Waals surface area (Å²) >= 11 is 0. The summed E-state index contributed by atoms with van der Waals surface area (Å²) in [7, 11) is 1.71. The van der Waals surface area contributed by atoms with Crippen molar-refractivity contribution in [2.24, 2.45) is 10.9 Å². The largest absolute Gasteiger partial charge is 0.382 e. The molecule has 2 aliphatic rings. The molecule has 3 atom stereocenters. The van der Waals surface area contributed by atoms with Gasteiger partial charge in [-0.3, -0.25) is 4.90 Å². The number of guanidine groups is 1. The summed E-state index contributed by atoms with van der Waals surface area (Å²) in [6, 6.07) is 8.91. The van der Waals surface area contributed by atoms with Gasteiger partial charge in [0.2, 0.25) is 0 Å². The van der Waals surface area contributed by atoms with Crippen LogP contribution in [0, 0.1) is 5.92 Å². The summed E-state index contributed by atoms with van der Waals surface area (Å²) in [5.41, 5.74) is 2.59. The summed E-state index contributed by atoms with van der Waals surface area (Å²) in [6.45, 7) is 15.1. The average Bonchev–Trinajstić information content (AvgIpc) is 3.23. The molecule has 33 heavy (non-hydrogen) atoms. The Balaban J connectivity index is 0.00000385. The number of morpholine rings is 1. The first kappa shape index (κ1) is 28.3. The highest BCUT2D eigenvalue weighted by Crippen LogP contribution is 2.18. The van der Waals surface area contributed by atoms with Gasteiger partial charge < -0.3 is 24.4 Å². The smallest absolute Gasteiger partial charge is 0.194 e. The van der Waals surface area contributed by atoms with Crippen molar-refractivity contribution in [2.75, 3.05) is 59.7 Å². The van der Waals surface area contributed by atoms with Gasteiger partial charge >= 0.3 is 0 Å². The third-order valence-corrected chi connectivity index (χ3v) is 6.04. The Bertz CT molecular complexity index is 693. The molecule has 2 fully saturated rings. The molecule has 2 aliphatic heterocycles. The molecule has 0 aromatic heterocycles. The highest BCUT2D eigenvalue weighted by molar-refractivity contribution is 14.0. The van der Waals surface area contributed by atoms with Gasteiger partial charge in [0.05, 0.1) is 38.6 Å². The van der Waals surface area contributed by atoms with E-state index in [1.807, 2.05) is 0 Å². The van der Waals surface area contributed by atoms with E-state index in [9.17, 15) is 0 Å². The van der Waals surface area contributed by atoms with Gasteiger partial charge in [-0.25, -0.2) is 4.99 Å². The monoisotopic (exact) mass is 574 g/mol. The summed E-state index contributed by atoms with van der Waals surface area (Å²) < 4.78 is 16.6. The van der Waals surface area contributed by atoms with Crippen molar-refractivity contribution < 1.29 is 14.2 Å². The first-order valence-corrected chi connectivity index (χ1v) is 12.1. The molecule has 0 aliphatic carbocycles. The van der Waals surface area contributed by atoms with Crippen molar-refractivity contribution in [2.45, 2.75) is 52.5 Å². The molecule has 2 saturated heterocycles. The molecule has 188 valence electrons. The minimum absolute atomic E-state index is 0. The predicted molar refractivity (Wildman–Crippen MR) is 144 cm³/mol. The van der Waals surface area contributed by atoms with Gasteiger partial charge in [0.15, 0.2) is 5.96 Å². The van der Waals surface area contributed by atoms with E-state index in [4.69, 9.17) is 19.2 Å². The number of hydrogen-bond donors (Lipinski definition) is 1. The zero-order valence-electron chi connectivity index (χ0n) is 20.8. The fourth-order valence-corrected chi connectivity index (χ4v) is 4.57. The number of nitrogens with one attached hydrogen (secondary N) is 1. The van der Waals surface area contributed by atoms with Crippen LogP contribution < -0.4 is 5.32 Å². The van der Waals surface area contributed by atoms with E-state index < -0.39 is 0 Å². The second kappa shape index (κ2) is 15.1. The number of methoxy groups -OCH3 is 1. The Labute approximate surface area is 217 Å².